The van der Waals surface area contributed by atoms with Crippen LogP contribution in [0.5, 0.6) is 0 Å². The molecule has 180 valence electrons. The SMILES string of the molecule is COC(=O)c1sc2nc(CN3CCN(C(c4ccccc4)c4ccccc4)CC3)[nH]c(=O)c2c1C. The van der Waals surface area contributed by atoms with Gasteiger partial charge in [0.25, 0.3) is 5.56 Å². The molecule has 7 nitrogen and oxygen atoms in total. The summed E-state index contributed by atoms with van der Waals surface area (Å²) in [5.74, 6) is 0.185. The summed E-state index contributed by atoms with van der Waals surface area (Å²) < 4.78 is 4.85. The van der Waals surface area contributed by atoms with Crippen molar-refractivity contribution in [2.75, 3.05) is 33.3 Å². The van der Waals surface area contributed by atoms with Crippen LogP contribution in [-0.2, 0) is 11.3 Å². The van der Waals surface area contributed by atoms with Crippen molar-refractivity contribution in [2.45, 2.75) is 19.5 Å². The van der Waals surface area contributed by atoms with Crippen molar-refractivity contribution in [1.29, 1.82) is 0 Å². The smallest absolute Gasteiger partial charge is 0.348 e. The number of aromatic nitrogens is 2. The molecule has 8 heteroatoms. The van der Waals surface area contributed by atoms with Crippen molar-refractivity contribution >= 4 is 27.5 Å². The van der Waals surface area contributed by atoms with Gasteiger partial charge in [-0.2, -0.15) is 0 Å². The van der Waals surface area contributed by atoms with Crippen LogP contribution in [0.15, 0.2) is 65.5 Å². The molecular weight excluding hydrogens is 460 g/mol. The summed E-state index contributed by atoms with van der Waals surface area (Å²) in [6.45, 7) is 5.88. The van der Waals surface area contributed by atoms with E-state index in [1.807, 2.05) is 0 Å². The average molecular weight is 489 g/mol. The molecule has 1 saturated heterocycles. The lowest BCUT2D eigenvalue weighted by molar-refractivity contribution is 0.0605. The molecule has 5 rings (SSSR count). The van der Waals surface area contributed by atoms with Gasteiger partial charge in [-0.1, -0.05) is 60.7 Å². The van der Waals surface area contributed by atoms with Crippen molar-refractivity contribution in [1.82, 2.24) is 19.8 Å². The van der Waals surface area contributed by atoms with Crippen LogP contribution in [0.2, 0.25) is 0 Å². The summed E-state index contributed by atoms with van der Waals surface area (Å²) >= 11 is 1.21. The molecule has 35 heavy (non-hydrogen) atoms. The number of hydrogen-bond acceptors (Lipinski definition) is 7. The molecule has 1 N–H and O–H groups in total. The molecule has 0 aliphatic carbocycles. The van der Waals surface area contributed by atoms with E-state index in [1.54, 1.807) is 6.92 Å². The predicted octanol–water partition coefficient (Wildman–Crippen LogP) is 3.99. The molecule has 1 aliphatic rings. The normalized spacial score (nSPS) is 15.1. The molecular formula is C27H28N4O3S. The quantitative estimate of drug-likeness (QED) is 0.414. The number of fused-ring (bicyclic) bond motifs is 1. The van der Waals surface area contributed by atoms with Gasteiger partial charge < -0.3 is 9.72 Å². The van der Waals surface area contributed by atoms with Gasteiger partial charge in [0.05, 0.1) is 25.1 Å². The highest BCUT2D eigenvalue weighted by molar-refractivity contribution is 7.20. The molecule has 0 bridgehead atoms. The zero-order valence-corrected chi connectivity index (χ0v) is 20.7. The highest BCUT2D eigenvalue weighted by atomic mass is 32.1. The van der Waals surface area contributed by atoms with Gasteiger partial charge in [-0.3, -0.25) is 14.6 Å². The number of benzene rings is 2. The van der Waals surface area contributed by atoms with Crippen molar-refractivity contribution < 1.29 is 9.53 Å². The second kappa shape index (κ2) is 10.1. The van der Waals surface area contributed by atoms with Crippen molar-refractivity contribution in [3.8, 4) is 0 Å². The minimum Gasteiger partial charge on any atom is -0.465 e. The summed E-state index contributed by atoms with van der Waals surface area (Å²) in [6.07, 6.45) is 0. The summed E-state index contributed by atoms with van der Waals surface area (Å²) in [5, 5.41) is 0.470. The number of methoxy groups -OCH3 is 1. The van der Waals surface area contributed by atoms with Crippen LogP contribution in [0.3, 0.4) is 0 Å². The zero-order chi connectivity index (χ0) is 24.4. The highest BCUT2D eigenvalue weighted by Gasteiger charge is 2.27. The molecule has 3 heterocycles. The van der Waals surface area contributed by atoms with Crippen LogP contribution in [0.1, 0.15) is 38.2 Å². The number of carbonyl (C=O) groups excluding carboxylic acids is 1. The molecule has 0 saturated carbocycles. The summed E-state index contributed by atoms with van der Waals surface area (Å²) in [4.78, 5) is 38.3. The van der Waals surface area contributed by atoms with E-state index in [-0.39, 0.29) is 11.6 Å². The lowest BCUT2D eigenvalue weighted by atomic mass is 9.96. The number of H-pyrrole nitrogens is 1. The standard InChI is InChI=1S/C27H28N4O3S/c1-18-22-25(32)28-21(29-26(22)35-24(18)27(33)34-2)17-30-13-15-31(16-14-30)23(19-9-5-3-6-10-19)20-11-7-4-8-12-20/h3-12,23H,13-17H2,1-2H3,(H,28,29,32). The third kappa shape index (κ3) is 4.77. The fraction of sp³-hybridized carbons (Fsp3) is 0.296. The summed E-state index contributed by atoms with van der Waals surface area (Å²) in [6, 6.07) is 21.5. The van der Waals surface area contributed by atoms with Gasteiger partial charge in [-0.05, 0) is 23.6 Å². The predicted molar refractivity (Wildman–Crippen MR) is 138 cm³/mol. The van der Waals surface area contributed by atoms with Crippen LogP contribution in [0.25, 0.3) is 10.2 Å². The van der Waals surface area contributed by atoms with E-state index in [0.717, 1.165) is 26.2 Å². The van der Waals surface area contributed by atoms with Crippen molar-refractivity contribution in [3.63, 3.8) is 0 Å². The largest absolute Gasteiger partial charge is 0.465 e. The second-order valence-electron chi connectivity index (χ2n) is 8.78. The molecule has 0 atom stereocenters. The maximum atomic E-state index is 12.8. The lowest BCUT2D eigenvalue weighted by Gasteiger charge is -2.39. The molecule has 0 spiro atoms. The van der Waals surface area contributed by atoms with Gasteiger partial charge in [0.15, 0.2) is 0 Å². The fourth-order valence-corrected chi connectivity index (χ4v) is 5.95. The Morgan fingerprint density at radius 1 is 1.03 bits per heavy atom. The Kier molecular flexibility index (Phi) is 6.77. The Morgan fingerprint density at radius 3 is 2.20 bits per heavy atom. The van der Waals surface area contributed by atoms with Gasteiger partial charge in [-0.25, -0.2) is 9.78 Å². The highest BCUT2D eigenvalue weighted by Crippen LogP contribution is 2.30. The Bertz CT molecular complexity index is 1340. The van der Waals surface area contributed by atoms with Crippen LogP contribution in [0.4, 0.5) is 0 Å². The molecule has 0 radical (unpaired) electrons. The first-order chi connectivity index (χ1) is 17.0. The first-order valence-electron chi connectivity index (χ1n) is 11.7. The van der Waals surface area contributed by atoms with Gasteiger partial charge in [0.1, 0.15) is 15.5 Å². The van der Waals surface area contributed by atoms with E-state index < -0.39 is 5.97 Å². The van der Waals surface area contributed by atoms with Crippen LogP contribution in [-0.4, -0.2) is 59.0 Å². The van der Waals surface area contributed by atoms with E-state index in [2.05, 4.69) is 80.4 Å². The Hall–Kier alpha value is -3.33. The molecule has 2 aromatic heterocycles. The third-order valence-corrected chi connectivity index (χ3v) is 7.76. The number of nitrogens with one attached hydrogen (secondary N) is 1. The van der Waals surface area contributed by atoms with E-state index in [4.69, 9.17) is 4.74 Å². The van der Waals surface area contributed by atoms with Crippen LogP contribution < -0.4 is 5.56 Å². The second-order valence-corrected chi connectivity index (χ2v) is 9.78. The number of carbonyl (C=O) groups is 1. The Labute approximate surface area is 208 Å². The molecule has 1 aliphatic heterocycles. The minimum atomic E-state index is -0.436. The van der Waals surface area contributed by atoms with Crippen molar-refractivity contribution in [2.24, 2.45) is 0 Å². The van der Waals surface area contributed by atoms with Crippen molar-refractivity contribution in [3.05, 3.63) is 98.4 Å². The zero-order valence-electron chi connectivity index (χ0n) is 19.9. The monoisotopic (exact) mass is 488 g/mol. The summed E-state index contributed by atoms with van der Waals surface area (Å²) in [5.41, 5.74) is 3.00. The molecule has 0 amide bonds. The Balaban J connectivity index is 1.32. The number of ether oxygens (including phenoxy) is 1. The average Bonchev–Trinajstić information content (AvgIpc) is 3.22. The van der Waals surface area contributed by atoms with Gasteiger partial charge in [0.2, 0.25) is 0 Å². The molecule has 1 fully saturated rings. The summed E-state index contributed by atoms with van der Waals surface area (Å²) in [7, 11) is 1.34. The maximum absolute atomic E-state index is 12.8. The van der Waals surface area contributed by atoms with E-state index in [0.29, 0.717) is 33.0 Å². The molecule has 4 aromatic rings. The fourth-order valence-electron chi connectivity index (χ4n) is 4.83. The number of aromatic amines is 1. The maximum Gasteiger partial charge on any atom is 0.348 e. The van der Waals surface area contributed by atoms with Crippen LogP contribution >= 0.6 is 11.3 Å². The van der Waals surface area contributed by atoms with Crippen LogP contribution in [0, 0.1) is 6.92 Å². The Morgan fingerprint density at radius 2 is 1.63 bits per heavy atom. The van der Waals surface area contributed by atoms with Gasteiger partial charge >= 0.3 is 5.97 Å². The number of piperazine rings is 1. The van der Waals surface area contributed by atoms with E-state index in [9.17, 15) is 9.59 Å². The minimum absolute atomic E-state index is 0.208. The molecule has 0 unspecified atom stereocenters. The van der Waals surface area contributed by atoms with Gasteiger partial charge in [-0.15, -0.1) is 11.3 Å². The number of hydrogen-bond donors (Lipinski definition) is 1. The number of esters is 1. The first-order valence-corrected chi connectivity index (χ1v) is 12.5. The van der Waals surface area contributed by atoms with E-state index in [1.165, 1.54) is 29.6 Å². The van der Waals surface area contributed by atoms with E-state index >= 15 is 0 Å². The number of nitrogens with zero attached hydrogens (tertiary/aromatic N) is 3. The number of rotatable bonds is 6. The number of aryl methyl sites for hydroxylation is 1. The topological polar surface area (TPSA) is 78.5 Å². The number of thiophene rings is 1. The molecule has 2 aromatic carbocycles. The third-order valence-electron chi connectivity index (χ3n) is 6.60. The lowest BCUT2D eigenvalue weighted by Crippen LogP contribution is -2.47. The first kappa shape index (κ1) is 23.4. The van der Waals surface area contributed by atoms with Gasteiger partial charge in [0, 0.05) is 26.2 Å².